The summed E-state index contributed by atoms with van der Waals surface area (Å²) in [4.78, 5) is 16.6. The molecule has 1 aliphatic rings. The number of para-hydroxylation sites is 1. The van der Waals surface area contributed by atoms with Crippen molar-refractivity contribution < 1.29 is 9.53 Å². The fourth-order valence-corrected chi connectivity index (χ4v) is 3.36. The van der Waals surface area contributed by atoms with E-state index in [9.17, 15) is 4.79 Å². The van der Waals surface area contributed by atoms with Crippen LogP contribution in [0.4, 0.5) is 0 Å². The molecule has 1 amide bonds. The molecule has 0 unspecified atom stereocenters. The quantitative estimate of drug-likeness (QED) is 0.744. The molecule has 2 atom stereocenters. The Hall–Kier alpha value is -3.08. The summed E-state index contributed by atoms with van der Waals surface area (Å²) >= 11 is 0. The minimum absolute atomic E-state index is 0.0307. The number of imidazole rings is 1. The van der Waals surface area contributed by atoms with Crippen molar-refractivity contribution in [1.29, 1.82) is 0 Å². The predicted octanol–water partition coefficient (Wildman–Crippen LogP) is 3.30. The average Bonchev–Trinajstić information content (AvgIpc) is 3.30. The van der Waals surface area contributed by atoms with E-state index in [-0.39, 0.29) is 17.7 Å². The topological polar surface area (TPSA) is 56.1 Å². The van der Waals surface area contributed by atoms with Crippen LogP contribution in [0.2, 0.25) is 0 Å². The molecule has 1 fully saturated rings. The van der Waals surface area contributed by atoms with Gasteiger partial charge in [-0.25, -0.2) is 4.98 Å². The van der Waals surface area contributed by atoms with Crippen molar-refractivity contribution in [3.05, 3.63) is 78.4 Å². The number of nitrogens with zero attached hydrogens (tertiary/aromatic N) is 2. The Morgan fingerprint density at radius 2 is 2.15 bits per heavy atom. The van der Waals surface area contributed by atoms with Crippen LogP contribution in [-0.2, 0) is 11.3 Å². The summed E-state index contributed by atoms with van der Waals surface area (Å²) < 4.78 is 7.36. The normalized spacial score (nSPS) is 18.3. The third-order valence-corrected chi connectivity index (χ3v) is 4.85. The van der Waals surface area contributed by atoms with Crippen molar-refractivity contribution in [1.82, 2.24) is 14.9 Å². The number of aromatic nitrogens is 2. The molecule has 1 aromatic heterocycles. The van der Waals surface area contributed by atoms with Crippen LogP contribution in [-0.4, -0.2) is 22.6 Å². The number of carbonyl (C=O) groups excluding carboxylic acids is 1. The van der Waals surface area contributed by atoms with Gasteiger partial charge in [-0.15, -0.1) is 0 Å². The first-order chi connectivity index (χ1) is 12.8. The van der Waals surface area contributed by atoms with Gasteiger partial charge in [-0.1, -0.05) is 30.3 Å². The Balaban J connectivity index is 1.37. The lowest BCUT2D eigenvalue weighted by atomic mass is 10.1. The van der Waals surface area contributed by atoms with Gasteiger partial charge in [0, 0.05) is 30.5 Å². The van der Waals surface area contributed by atoms with Gasteiger partial charge in [-0.2, -0.15) is 0 Å². The molecule has 0 radical (unpaired) electrons. The van der Waals surface area contributed by atoms with E-state index in [4.69, 9.17) is 4.74 Å². The minimum Gasteiger partial charge on any atom is -0.496 e. The Morgan fingerprint density at radius 1 is 1.27 bits per heavy atom. The highest BCUT2D eigenvalue weighted by Crippen LogP contribution is 2.50. The van der Waals surface area contributed by atoms with Gasteiger partial charge in [0.1, 0.15) is 5.75 Å². The van der Waals surface area contributed by atoms with Crippen LogP contribution in [0.3, 0.4) is 0 Å². The van der Waals surface area contributed by atoms with Gasteiger partial charge in [0.15, 0.2) is 0 Å². The number of methoxy groups -OCH3 is 1. The molecule has 5 nitrogen and oxygen atoms in total. The number of hydrogen-bond donors (Lipinski definition) is 1. The smallest absolute Gasteiger partial charge is 0.224 e. The zero-order chi connectivity index (χ0) is 17.9. The molecule has 5 heteroatoms. The molecule has 132 valence electrons. The maximum atomic E-state index is 12.5. The maximum absolute atomic E-state index is 12.5. The average molecular weight is 347 g/mol. The van der Waals surface area contributed by atoms with E-state index in [0.29, 0.717) is 6.54 Å². The summed E-state index contributed by atoms with van der Waals surface area (Å²) in [5.74, 6) is 1.25. The molecule has 3 aromatic rings. The largest absolute Gasteiger partial charge is 0.496 e. The number of benzene rings is 2. The van der Waals surface area contributed by atoms with Crippen LogP contribution in [0.25, 0.3) is 5.69 Å². The number of nitrogens with one attached hydrogen (secondary N) is 1. The minimum atomic E-state index is 0.0307. The molecule has 1 saturated carbocycles. The monoisotopic (exact) mass is 347 g/mol. The van der Waals surface area contributed by atoms with Crippen molar-refractivity contribution in [3.8, 4) is 11.4 Å². The molecule has 0 saturated heterocycles. The molecular formula is C21H21N3O2. The van der Waals surface area contributed by atoms with E-state index in [1.807, 2.05) is 53.2 Å². The van der Waals surface area contributed by atoms with Gasteiger partial charge in [0.25, 0.3) is 0 Å². The highest BCUT2D eigenvalue weighted by molar-refractivity contribution is 5.83. The number of rotatable bonds is 6. The van der Waals surface area contributed by atoms with Crippen molar-refractivity contribution >= 4 is 5.91 Å². The van der Waals surface area contributed by atoms with E-state index < -0.39 is 0 Å². The molecule has 0 aliphatic heterocycles. The van der Waals surface area contributed by atoms with Crippen molar-refractivity contribution in [2.24, 2.45) is 5.92 Å². The molecule has 1 N–H and O–H groups in total. The molecule has 0 bridgehead atoms. The number of carbonyl (C=O) groups is 1. The molecule has 0 spiro atoms. The second-order valence-corrected chi connectivity index (χ2v) is 6.55. The molecule has 26 heavy (non-hydrogen) atoms. The summed E-state index contributed by atoms with van der Waals surface area (Å²) in [5, 5.41) is 3.07. The second-order valence-electron chi connectivity index (χ2n) is 6.55. The Bertz CT molecular complexity index is 905. The number of ether oxygens (including phenoxy) is 1. The molecule has 2 aromatic carbocycles. The summed E-state index contributed by atoms with van der Waals surface area (Å²) in [5.41, 5.74) is 3.23. The summed E-state index contributed by atoms with van der Waals surface area (Å²) in [6.07, 6.45) is 6.29. The van der Waals surface area contributed by atoms with E-state index in [1.165, 1.54) is 0 Å². The zero-order valence-electron chi connectivity index (χ0n) is 14.6. The maximum Gasteiger partial charge on any atom is 0.224 e. The summed E-state index contributed by atoms with van der Waals surface area (Å²) in [6.45, 7) is 0.524. The van der Waals surface area contributed by atoms with Gasteiger partial charge in [0.05, 0.1) is 13.4 Å². The van der Waals surface area contributed by atoms with Crippen molar-refractivity contribution in [3.63, 3.8) is 0 Å². The lowest BCUT2D eigenvalue weighted by Gasteiger charge is -2.09. The summed E-state index contributed by atoms with van der Waals surface area (Å²) in [7, 11) is 1.67. The van der Waals surface area contributed by atoms with Gasteiger partial charge in [-0.05, 0) is 41.7 Å². The molecule has 4 rings (SSSR count). The lowest BCUT2D eigenvalue weighted by molar-refractivity contribution is -0.122. The third-order valence-electron chi connectivity index (χ3n) is 4.85. The third kappa shape index (κ3) is 3.33. The van der Waals surface area contributed by atoms with Crippen LogP contribution in [0, 0.1) is 5.92 Å². The van der Waals surface area contributed by atoms with E-state index in [1.54, 1.807) is 19.6 Å². The first-order valence-corrected chi connectivity index (χ1v) is 8.74. The van der Waals surface area contributed by atoms with Crippen LogP contribution in [0.15, 0.2) is 67.3 Å². The molecular weight excluding hydrogens is 326 g/mol. The second kappa shape index (κ2) is 7.04. The molecule has 1 aliphatic carbocycles. The van der Waals surface area contributed by atoms with Gasteiger partial charge in [-0.3, -0.25) is 4.79 Å². The Kier molecular flexibility index (Phi) is 4.44. The standard InChI is InChI=1S/C21H21N3O2/c1-26-20-8-3-2-7-17(20)18-12-19(18)21(25)23-13-15-5-4-6-16(11-15)24-10-9-22-14-24/h2-11,14,18-19H,12-13H2,1H3,(H,23,25)/t18-,19+/m0/s1. The fourth-order valence-electron chi connectivity index (χ4n) is 3.36. The first-order valence-electron chi connectivity index (χ1n) is 8.74. The highest BCUT2D eigenvalue weighted by atomic mass is 16.5. The highest BCUT2D eigenvalue weighted by Gasteiger charge is 2.45. The first kappa shape index (κ1) is 16.4. The van der Waals surface area contributed by atoms with Gasteiger partial charge >= 0.3 is 0 Å². The van der Waals surface area contributed by atoms with Crippen LogP contribution >= 0.6 is 0 Å². The number of amides is 1. The SMILES string of the molecule is COc1ccccc1[C@@H]1C[C@H]1C(=O)NCc1cccc(-n2ccnc2)c1. The lowest BCUT2D eigenvalue weighted by Crippen LogP contribution is -2.25. The van der Waals surface area contributed by atoms with Gasteiger partial charge < -0.3 is 14.6 Å². The van der Waals surface area contributed by atoms with E-state index >= 15 is 0 Å². The zero-order valence-corrected chi connectivity index (χ0v) is 14.6. The molecule has 1 heterocycles. The van der Waals surface area contributed by atoms with Crippen molar-refractivity contribution in [2.45, 2.75) is 18.9 Å². The van der Waals surface area contributed by atoms with Crippen LogP contribution < -0.4 is 10.1 Å². The van der Waals surface area contributed by atoms with E-state index in [0.717, 1.165) is 29.0 Å². The van der Waals surface area contributed by atoms with E-state index in [2.05, 4.69) is 16.4 Å². The Morgan fingerprint density at radius 3 is 2.96 bits per heavy atom. The number of hydrogen-bond acceptors (Lipinski definition) is 3. The van der Waals surface area contributed by atoms with Gasteiger partial charge in [0.2, 0.25) is 5.91 Å². The predicted molar refractivity (Wildman–Crippen MR) is 99.3 cm³/mol. The van der Waals surface area contributed by atoms with Crippen LogP contribution in [0.1, 0.15) is 23.5 Å². The van der Waals surface area contributed by atoms with Crippen LogP contribution in [0.5, 0.6) is 5.75 Å². The van der Waals surface area contributed by atoms with Crippen molar-refractivity contribution in [2.75, 3.05) is 7.11 Å². The summed E-state index contributed by atoms with van der Waals surface area (Å²) in [6, 6.07) is 16.0. The fraction of sp³-hybridized carbons (Fsp3) is 0.238. The Labute approximate surface area is 152 Å².